The van der Waals surface area contributed by atoms with E-state index in [2.05, 4.69) is 0 Å². The van der Waals surface area contributed by atoms with Crippen LogP contribution in [0.25, 0.3) is 21.5 Å². The van der Waals surface area contributed by atoms with E-state index in [9.17, 15) is 35.1 Å². The molecule has 0 amide bonds. The summed E-state index contributed by atoms with van der Waals surface area (Å²) in [5, 5.41) is 50.0. The van der Waals surface area contributed by atoms with Crippen molar-refractivity contribution in [3.63, 3.8) is 0 Å². The maximum atomic E-state index is 11.8. The zero-order chi connectivity index (χ0) is 21.6. The van der Waals surface area contributed by atoms with Gasteiger partial charge in [-0.25, -0.2) is 9.59 Å². The topological polar surface area (TPSA) is 145 Å². The van der Waals surface area contributed by atoms with Crippen LogP contribution in [0.2, 0.25) is 0 Å². The molecule has 0 aliphatic carbocycles. The Morgan fingerprint density at radius 2 is 1.30 bits per heavy atom. The molecule has 0 atom stereocenters. The monoisotopic (exact) mass is 406 g/mol. The normalized spacial score (nSPS) is 10.9. The second kappa shape index (κ2) is 6.85. The van der Waals surface area contributed by atoms with Crippen molar-refractivity contribution in [3.05, 3.63) is 65.7 Å². The van der Waals surface area contributed by atoms with Gasteiger partial charge in [0.1, 0.15) is 39.9 Å². The van der Waals surface area contributed by atoms with Crippen molar-refractivity contribution in [1.29, 1.82) is 0 Å². The molecule has 30 heavy (non-hydrogen) atoms. The number of benzene rings is 4. The van der Waals surface area contributed by atoms with Crippen LogP contribution in [0.4, 0.5) is 0 Å². The lowest BCUT2D eigenvalue weighted by Crippen LogP contribution is -2.03. The number of phenolic OH excluding ortho intramolecular Hbond substituents is 2. The molecule has 0 aliphatic heterocycles. The third-order valence-corrected chi connectivity index (χ3v) is 4.68. The van der Waals surface area contributed by atoms with Crippen LogP contribution in [0.15, 0.2) is 54.6 Å². The first kappa shape index (κ1) is 18.9. The highest BCUT2D eigenvalue weighted by Crippen LogP contribution is 2.42. The van der Waals surface area contributed by atoms with E-state index >= 15 is 0 Å². The van der Waals surface area contributed by atoms with Crippen molar-refractivity contribution in [3.8, 4) is 28.7 Å². The van der Waals surface area contributed by atoms with Gasteiger partial charge in [-0.05, 0) is 53.9 Å². The van der Waals surface area contributed by atoms with Gasteiger partial charge < -0.3 is 30.3 Å². The van der Waals surface area contributed by atoms with Crippen LogP contribution >= 0.6 is 0 Å². The number of carboxylic acids is 2. The van der Waals surface area contributed by atoms with E-state index in [0.717, 1.165) is 6.07 Å². The molecule has 0 fully saturated rings. The van der Waals surface area contributed by atoms with E-state index in [1.807, 2.05) is 0 Å². The fourth-order valence-corrected chi connectivity index (χ4v) is 3.29. The number of hydrogen-bond acceptors (Lipinski definition) is 6. The largest absolute Gasteiger partial charge is 0.508 e. The lowest BCUT2D eigenvalue weighted by Gasteiger charge is -2.16. The molecule has 5 N–H and O–H groups in total. The fraction of sp³-hybridized carbons (Fsp3) is 0. The maximum Gasteiger partial charge on any atom is 0.339 e. The standard InChI is InChI=1S/C22H14O8/c23-11-2-5-13-10(7-11)1-4-15(21(26)27)20(13)30-18-9-17(22(28)29)19(25)16-8-12(24)3-6-14(16)18/h1-9,23-25H,(H,26,27)(H,28,29). The molecule has 4 rings (SSSR count). The minimum absolute atomic E-state index is 0.0183. The lowest BCUT2D eigenvalue weighted by atomic mass is 10.0. The summed E-state index contributed by atoms with van der Waals surface area (Å²) in [6, 6.07) is 12.1. The van der Waals surface area contributed by atoms with Crippen LogP contribution in [-0.4, -0.2) is 37.5 Å². The van der Waals surface area contributed by atoms with Gasteiger partial charge in [0.25, 0.3) is 0 Å². The van der Waals surface area contributed by atoms with Crippen LogP contribution in [0, 0.1) is 0 Å². The van der Waals surface area contributed by atoms with E-state index in [4.69, 9.17) is 4.74 Å². The minimum atomic E-state index is -1.43. The fourth-order valence-electron chi connectivity index (χ4n) is 3.29. The quantitative estimate of drug-likeness (QED) is 0.337. The molecule has 0 aliphatic rings. The van der Waals surface area contributed by atoms with Gasteiger partial charge in [0, 0.05) is 16.2 Å². The first-order chi connectivity index (χ1) is 14.3. The maximum absolute atomic E-state index is 11.8. The number of fused-ring (bicyclic) bond motifs is 2. The highest BCUT2D eigenvalue weighted by Gasteiger charge is 2.21. The molecule has 0 bridgehead atoms. The van der Waals surface area contributed by atoms with Crippen LogP contribution < -0.4 is 4.74 Å². The van der Waals surface area contributed by atoms with Gasteiger partial charge in [-0.1, -0.05) is 6.07 Å². The number of carboxylic acid groups (broad SMARTS) is 2. The van der Waals surface area contributed by atoms with Gasteiger partial charge in [-0.15, -0.1) is 0 Å². The second-order valence-corrected chi connectivity index (χ2v) is 6.56. The van der Waals surface area contributed by atoms with E-state index in [0.29, 0.717) is 10.8 Å². The molecule has 4 aromatic rings. The minimum Gasteiger partial charge on any atom is -0.508 e. The van der Waals surface area contributed by atoms with Crippen molar-refractivity contribution < 1.29 is 39.9 Å². The molecule has 0 aromatic heterocycles. The molecule has 0 heterocycles. The number of phenols is 3. The number of carbonyl (C=O) groups is 2. The first-order valence-corrected chi connectivity index (χ1v) is 8.65. The van der Waals surface area contributed by atoms with Gasteiger partial charge in [0.15, 0.2) is 0 Å². The highest BCUT2D eigenvalue weighted by molar-refractivity contribution is 6.05. The Balaban J connectivity index is 2.03. The van der Waals surface area contributed by atoms with Crippen molar-refractivity contribution >= 4 is 33.5 Å². The Labute approximate surface area is 168 Å². The Bertz CT molecular complexity index is 1360. The number of aromatic hydroxyl groups is 3. The number of ether oxygens (including phenoxy) is 1. The predicted molar refractivity (Wildman–Crippen MR) is 107 cm³/mol. The Hall–Kier alpha value is -4.46. The molecule has 8 nitrogen and oxygen atoms in total. The van der Waals surface area contributed by atoms with Gasteiger partial charge in [0.05, 0.1) is 0 Å². The molecular weight excluding hydrogens is 392 g/mol. The molecule has 0 spiro atoms. The Morgan fingerprint density at radius 3 is 1.97 bits per heavy atom. The zero-order valence-electron chi connectivity index (χ0n) is 15.2. The predicted octanol–water partition coefficient (Wildman–Crippen LogP) is 4.30. The van der Waals surface area contributed by atoms with E-state index < -0.39 is 23.3 Å². The summed E-state index contributed by atoms with van der Waals surface area (Å²) in [4.78, 5) is 23.3. The third kappa shape index (κ3) is 3.06. The molecule has 0 saturated carbocycles. The van der Waals surface area contributed by atoms with Crippen LogP contribution in [0.5, 0.6) is 28.7 Å². The van der Waals surface area contributed by atoms with Gasteiger partial charge in [-0.2, -0.15) is 0 Å². The van der Waals surface area contributed by atoms with Gasteiger partial charge >= 0.3 is 11.9 Å². The van der Waals surface area contributed by atoms with Gasteiger partial charge in [-0.3, -0.25) is 0 Å². The van der Waals surface area contributed by atoms with Crippen molar-refractivity contribution in [2.24, 2.45) is 0 Å². The third-order valence-electron chi connectivity index (χ3n) is 4.68. The number of aromatic carboxylic acids is 2. The molecule has 150 valence electrons. The average Bonchev–Trinajstić information content (AvgIpc) is 2.69. The molecule has 8 heteroatoms. The van der Waals surface area contributed by atoms with Gasteiger partial charge in [0.2, 0.25) is 0 Å². The van der Waals surface area contributed by atoms with Crippen molar-refractivity contribution in [2.45, 2.75) is 0 Å². The van der Waals surface area contributed by atoms with Crippen LogP contribution in [0.1, 0.15) is 20.7 Å². The first-order valence-electron chi connectivity index (χ1n) is 8.65. The molecule has 0 unspecified atom stereocenters. The molecular formula is C22H14O8. The summed E-state index contributed by atoms with van der Waals surface area (Å²) in [6.45, 7) is 0. The second-order valence-electron chi connectivity index (χ2n) is 6.56. The van der Waals surface area contributed by atoms with E-state index in [-0.39, 0.29) is 39.3 Å². The lowest BCUT2D eigenvalue weighted by molar-refractivity contribution is 0.0681. The zero-order valence-corrected chi connectivity index (χ0v) is 15.2. The summed E-state index contributed by atoms with van der Waals surface area (Å²) >= 11 is 0. The smallest absolute Gasteiger partial charge is 0.339 e. The summed E-state index contributed by atoms with van der Waals surface area (Å²) < 4.78 is 5.90. The number of rotatable bonds is 4. The van der Waals surface area contributed by atoms with Crippen LogP contribution in [-0.2, 0) is 0 Å². The summed E-state index contributed by atoms with van der Waals surface area (Å²) in [5.41, 5.74) is -0.650. The highest BCUT2D eigenvalue weighted by atomic mass is 16.5. The van der Waals surface area contributed by atoms with E-state index in [1.165, 1.54) is 48.5 Å². The summed E-state index contributed by atoms with van der Waals surface area (Å²) in [6.07, 6.45) is 0. The van der Waals surface area contributed by atoms with E-state index in [1.54, 1.807) is 0 Å². The Kier molecular flexibility index (Phi) is 4.31. The summed E-state index contributed by atoms with van der Waals surface area (Å²) in [5.74, 6) is -3.54. The van der Waals surface area contributed by atoms with Crippen molar-refractivity contribution in [2.75, 3.05) is 0 Å². The summed E-state index contributed by atoms with van der Waals surface area (Å²) in [7, 11) is 0. The van der Waals surface area contributed by atoms with Crippen LogP contribution in [0.3, 0.4) is 0 Å². The Morgan fingerprint density at radius 1 is 0.667 bits per heavy atom. The molecule has 4 aromatic carbocycles. The number of hydrogen-bond donors (Lipinski definition) is 5. The van der Waals surface area contributed by atoms with Crippen molar-refractivity contribution in [1.82, 2.24) is 0 Å². The average molecular weight is 406 g/mol. The molecule has 0 saturated heterocycles. The SMILES string of the molecule is O=C(O)c1ccc2cc(O)ccc2c1Oc1cc(C(=O)O)c(O)c2cc(O)ccc12. The molecule has 0 radical (unpaired) electrons.